The summed E-state index contributed by atoms with van der Waals surface area (Å²) in [6.45, 7) is 9.19. The fraction of sp³-hybridized carbons (Fsp3) is 0.577. The number of hydrogen-bond acceptors (Lipinski definition) is 7. The molecule has 3 rings (SSSR count). The van der Waals surface area contributed by atoms with Gasteiger partial charge in [-0.3, -0.25) is 14.6 Å². The Balaban J connectivity index is 2.07. The summed E-state index contributed by atoms with van der Waals surface area (Å²) in [7, 11) is 3.10. The van der Waals surface area contributed by atoms with Gasteiger partial charge in [0, 0.05) is 56.9 Å². The van der Waals surface area contributed by atoms with Crippen LogP contribution >= 0.6 is 0 Å². The van der Waals surface area contributed by atoms with Crippen LogP contribution < -0.4 is 14.8 Å². The summed E-state index contributed by atoms with van der Waals surface area (Å²) >= 11 is 0. The van der Waals surface area contributed by atoms with Gasteiger partial charge in [-0.05, 0) is 38.5 Å². The maximum absolute atomic E-state index is 13.4. The third-order valence-electron chi connectivity index (χ3n) is 6.61. The second-order valence-electron chi connectivity index (χ2n) is 8.68. The molecule has 0 aromatic heterocycles. The maximum Gasteiger partial charge on any atom is 0.338 e. The van der Waals surface area contributed by atoms with Crippen molar-refractivity contribution < 1.29 is 28.6 Å². The van der Waals surface area contributed by atoms with Gasteiger partial charge < -0.3 is 24.4 Å². The molecule has 1 aromatic rings. The number of ether oxygens (including phenoxy) is 3. The van der Waals surface area contributed by atoms with E-state index in [1.807, 2.05) is 18.7 Å². The minimum Gasteiger partial charge on any atom is -0.497 e. The summed E-state index contributed by atoms with van der Waals surface area (Å²) in [5.41, 5.74) is 1.58. The Morgan fingerprint density at radius 2 is 1.83 bits per heavy atom. The molecule has 1 atom stereocenters. The van der Waals surface area contributed by atoms with Crippen molar-refractivity contribution >= 4 is 17.9 Å². The van der Waals surface area contributed by atoms with Crippen molar-refractivity contribution in [3.8, 4) is 11.5 Å². The molecular formula is C26H38N4O6. The van der Waals surface area contributed by atoms with Gasteiger partial charge in [0.05, 0.1) is 32.4 Å². The molecule has 1 N–H and O–H groups in total. The number of likely N-dealkylation sites (N-methyl/N-ethyl adjacent to an activating group) is 1. The average molecular weight is 503 g/mol. The molecule has 3 amide bonds. The van der Waals surface area contributed by atoms with Crippen LogP contribution in [0, 0.1) is 0 Å². The molecule has 0 spiro atoms. The minimum atomic E-state index is -0.774. The fourth-order valence-electron chi connectivity index (χ4n) is 4.77. The van der Waals surface area contributed by atoms with Gasteiger partial charge in [-0.15, -0.1) is 0 Å². The average Bonchev–Trinajstić information content (AvgIpc) is 3.13. The molecular weight excluding hydrogens is 464 g/mol. The summed E-state index contributed by atoms with van der Waals surface area (Å²) in [4.78, 5) is 44.6. The smallest absolute Gasteiger partial charge is 0.338 e. The Morgan fingerprint density at radius 1 is 1.06 bits per heavy atom. The first-order valence-corrected chi connectivity index (χ1v) is 12.6. The SMILES string of the molecule is CCOC(=O)C1=C(CN2CCCN(C(=O)CC)CC2)N(CC)C(=O)N[C@H]1c1cc(OC)ccc1OC. The molecule has 10 nitrogen and oxygen atoms in total. The molecule has 0 saturated carbocycles. The monoisotopic (exact) mass is 502 g/mol. The lowest BCUT2D eigenvalue weighted by atomic mass is 9.93. The van der Waals surface area contributed by atoms with Gasteiger partial charge in [-0.25, -0.2) is 9.59 Å². The molecule has 198 valence electrons. The largest absolute Gasteiger partial charge is 0.497 e. The lowest BCUT2D eigenvalue weighted by molar-refractivity contribution is -0.139. The second-order valence-corrected chi connectivity index (χ2v) is 8.68. The van der Waals surface area contributed by atoms with Crippen molar-refractivity contribution in [1.82, 2.24) is 20.0 Å². The summed E-state index contributed by atoms with van der Waals surface area (Å²) in [5.74, 6) is 0.755. The number of hydrogen-bond donors (Lipinski definition) is 1. The first-order chi connectivity index (χ1) is 17.4. The lowest BCUT2D eigenvalue weighted by Crippen LogP contribution is -2.51. The van der Waals surface area contributed by atoms with E-state index in [1.54, 1.807) is 44.2 Å². The van der Waals surface area contributed by atoms with Crippen LogP contribution in [0.3, 0.4) is 0 Å². The van der Waals surface area contributed by atoms with E-state index < -0.39 is 12.0 Å². The Bertz CT molecular complexity index is 995. The number of nitrogens with zero attached hydrogens (tertiary/aromatic N) is 3. The summed E-state index contributed by atoms with van der Waals surface area (Å²) in [6.07, 6.45) is 1.30. The summed E-state index contributed by atoms with van der Waals surface area (Å²) < 4.78 is 16.5. The molecule has 0 aliphatic carbocycles. The van der Waals surface area contributed by atoms with Crippen LogP contribution in [0.25, 0.3) is 0 Å². The predicted molar refractivity (Wildman–Crippen MR) is 135 cm³/mol. The lowest BCUT2D eigenvalue weighted by Gasteiger charge is -2.38. The highest BCUT2D eigenvalue weighted by Crippen LogP contribution is 2.38. The highest BCUT2D eigenvalue weighted by atomic mass is 16.5. The van der Waals surface area contributed by atoms with Gasteiger partial charge in [-0.2, -0.15) is 0 Å². The van der Waals surface area contributed by atoms with E-state index in [0.29, 0.717) is 67.5 Å². The van der Waals surface area contributed by atoms with Gasteiger partial charge in [-0.1, -0.05) is 6.92 Å². The molecule has 0 bridgehead atoms. The number of urea groups is 1. The first-order valence-electron chi connectivity index (χ1n) is 12.6. The zero-order chi connectivity index (χ0) is 26.2. The highest BCUT2D eigenvalue weighted by Gasteiger charge is 2.39. The molecule has 2 heterocycles. The Kier molecular flexibility index (Phi) is 9.58. The van der Waals surface area contributed by atoms with Crippen LogP contribution in [0.5, 0.6) is 11.5 Å². The van der Waals surface area contributed by atoms with E-state index in [4.69, 9.17) is 14.2 Å². The molecule has 10 heteroatoms. The van der Waals surface area contributed by atoms with Crippen molar-refractivity contribution in [1.29, 1.82) is 0 Å². The van der Waals surface area contributed by atoms with Gasteiger partial charge in [0.25, 0.3) is 0 Å². The van der Waals surface area contributed by atoms with E-state index in [9.17, 15) is 14.4 Å². The van der Waals surface area contributed by atoms with Crippen molar-refractivity contribution in [2.75, 3.05) is 60.1 Å². The van der Waals surface area contributed by atoms with Crippen LogP contribution in [0.2, 0.25) is 0 Å². The number of amides is 3. The van der Waals surface area contributed by atoms with Crippen molar-refractivity contribution in [2.24, 2.45) is 0 Å². The standard InChI is InChI=1S/C26H38N4O6/c1-6-22(31)29-13-9-12-28(14-15-29)17-20-23(25(32)36-8-3)24(27-26(33)30(20)7-2)19-16-18(34-4)10-11-21(19)35-5/h10-11,16,24H,6-9,12-15,17H2,1-5H3,(H,27,33)/t24-/m0/s1. The number of carbonyl (C=O) groups is 3. The van der Waals surface area contributed by atoms with Crippen molar-refractivity contribution in [3.05, 3.63) is 35.0 Å². The van der Waals surface area contributed by atoms with E-state index in [0.717, 1.165) is 13.0 Å². The Hall–Kier alpha value is -3.27. The molecule has 1 fully saturated rings. The van der Waals surface area contributed by atoms with Crippen LogP contribution in [-0.4, -0.2) is 92.7 Å². The highest BCUT2D eigenvalue weighted by molar-refractivity contribution is 5.95. The molecule has 1 saturated heterocycles. The van der Waals surface area contributed by atoms with Gasteiger partial charge in [0.15, 0.2) is 0 Å². The summed E-state index contributed by atoms with van der Waals surface area (Å²) in [6, 6.07) is 4.21. The maximum atomic E-state index is 13.4. The van der Waals surface area contributed by atoms with Crippen molar-refractivity contribution in [2.45, 2.75) is 39.7 Å². The fourth-order valence-corrected chi connectivity index (χ4v) is 4.77. The molecule has 2 aliphatic rings. The van der Waals surface area contributed by atoms with E-state index in [2.05, 4.69) is 10.2 Å². The number of rotatable bonds is 9. The molecule has 1 aromatic carbocycles. The predicted octanol–water partition coefficient (Wildman–Crippen LogP) is 2.55. The minimum absolute atomic E-state index is 0.140. The molecule has 36 heavy (non-hydrogen) atoms. The Morgan fingerprint density at radius 3 is 2.47 bits per heavy atom. The van der Waals surface area contributed by atoms with Crippen LogP contribution in [-0.2, 0) is 14.3 Å². The van der Waals surface area contributed by atoms with E-state index in [1.165, 1.54) is 0 Å². The number of benzene rings is 1. The number of nitrogens with one attached hydrogen (secondary N) is 1. The normalized spacial score (nSPS) is 19.0. The first kappa shape index (κ1) is 27.3. The van der Waals surface area contributed by atoms with Gasteiger partial charge in [0.1, 0.15) is 11.5 Å². The molecule has 2 aliphatic heterocycles. The number of methoxy groups -OCH3 is 2. The van der Waals surface area contributed by atoms with Crippen LogP contribution in [0.15, 0.2) is 29.5 Å². The summed E-state index contributed by atoms with van der Waals surface area (Å²) in [5, 5.41) is 2.98. The Labute approximate surface area is 213 Å². The van der Waals surface area contributed by atoms with Crippen molar-refractivity contribution in [3.63, 3.8) is 0 Å². The van der Waals surface area contributed by atoms with Crippen LogP contribution in [0.4, 0.5) is 4.79 Å². The van der Waals surface area contributed by atoms with Gasteiger partial charge >= 0.3 is 12.0 Å². The number of esters is 1. The second kappa shape index (κ2) is 12.6. The quantitative estimate of drug-likeness (QED) is 0.518. The van der Waals surface area contributed by atoms with E-state index >= 15 is 0 Å². The zero-order valence-corrected chi connectivity index (χ0v) is 22.0. The topological polar surface area (TPSA) is 101 Å². The number of carbonyl (C=O) groups excluding carboxylic acids is 3. The third kappa shape index (κ3) is 5.92. The zero-order valence-electron chi connectivity index (χ0n) is 22.0. The molecule has 0 unspecified atom stereocenters. The van der Waals surface area contributed by atoms with Gasteiger partial charge in [0.2, 0.25) is 5.91 Å². The van der Waals surface area contributed by atoms with Crippen LogP contribution in [0.1, 0.15) is 45.2 Å². The molecule has 0 radical (unpaired) electrons. The third-order valence-corrected chi connectivity index (χ3v) is 6.61. The van der Waals surface area contributed by atoms with E-state index in [-0.39, 0.29) is 18.5 Å².